The van der Waals surface area contributed by atoms with Gasteiger partial charge >= 0.3 is 0 Å². The molecule has 5 nitrogen and oxygen atoms in total. The summed E-state index contributed by atoms with van der Waals surface area (Å²) in [6.07, 6.45) is 0.0258. The standard InChI is InChI=1S/C18H13Cl3N2O3S/c19-10-1-3-11(4-2-10)22-16(24)9-27-15-8-17(25)23(18(15)26)12-5-6-13(20)14(21)7-12/h1-7,15H,8-9H2,(H,22,24)/t15-/m1/s1. The minimum atomic E-state index is -0.622. The molecule has 0 unspecified atom stereocenters. The van der Waals surface area contributed by atoms with Gasteiger partial charge in [0, 0.05) is 17.1 Å². The van der Waals surface area contributed by atoms with E-state index in [-0.39, 0.29) is 34.9 Å². The highest BCUT2D eigenvalue weighted by atomic mass is 35.5. The average molecular weight is 444 g/mol. The van der Waals surface area contributed by atoms with Gasteiger partial charge in [0.25, 0.3) is 0 Å². The first kappa shape index (κ1) is 20.0. The van der Waals surface area contributed by atoms with E-state index in [4.69, 9.17) is 34.8 Å². The molecule has 27 heavy (non-hydrogen) atoms. The van der Waals surface area contributed by atoms with Crippen molar-refractivity contribution < 1.29 is 14.4 Å². The molecule has 2 aromatic carbocycles. The summed E-state index contributed by atoms with van der Waals surface area (Å²) in [6.45, 7) is 0. The lowest BCUT2D eigenvalue weighted by Crippen LogP contribution is -2.31. The Morgan fingerprint density at radius 1 is 1.07 bits per heavy atom. The monoisotopic (exact) mass is 442 g/mol. The number of benzene rings is 2. The quantitative estimate of drug-likeness (QED) is 0.683. The molecule has 0 radical (unpaired) electrons. The number of nitrogens with one attached hydrogen (secondary N) is 1. The minimum Gasteiger partial charge on any atom is -0.325 e. The second-order valence-electron chi connectivity index (χ2n) is 5.72. The molecule has 3 amide bonds. The van der Waals surface area contributed by atoms with Crippen LogP contribution in [-0.4, -0.2) is 28.7 Å². The van der Waals surface area contributed by atoms with Crippen molar-refractivity contribution in [1.29, 1.82) is 0 Å². The second kappa shape index (κ2) is 8.52. The van der Waals surface area contributed by atoms with E-state index >= 15 is 0 Å². The van der Waals surface area contributed by atoms with E-state index in [0.29, 0.717) is 21.4 Å². The lowest BCUT2D eigenvalue weighted by Gasteiger charge is -2.15. The summed E-state index contributed by atoms with van der Waals surface area (Å²) in [5.41, 5.74) is 0.976. The van der Waals surface area contributed by atoms with Crippen LogP contribution in [0.3, 0.4) is 0 Å². The summed E-state index contributed by atoms with van der Waals surface area (Å²) in [5, 5.41) is 3.26. The van der Waals surface area contributed by atoms with Crippen LogP contribution in [0.4, 0.5) is 11.4 Å². The van der Waals surface area contributed by atoms with E-state index in [0.717, 1.165) is 16.7 Å². The van der Waals surface area contributed by atoms with Crippen LogP contribution in [0.2, 0.25) is 15.1 Å². The number of imide groups is 1. The smallest absolute Gasteiger partial charge is 0.247 e. The van der Waals surface area contributed by atoms with Crippen LogP contribution in [-0.2, 0) is 14.4 Å². The maximum Gasteiger partial charge on any atom is 0.247 e. The SMILES string of the molecule is O=C(CS[C@@H]1CC(=O)N(c2ccc(Cl)c(Cl)c2)C1=O)Nc1ccc(Cl)cc1. The van der Waals surface area contributed by atoms with Gasteiger partial charge in [-0.2, -0.15) is 0 Å². The maximum absolute atomic E-state index is 12.6. The lowest BCUT2D eigenvalue weighted by molar-refractivity contribution is -0.121. The topological polar surface area (TPSA) is 66.5 Å². The summed E-state index contributed by atoms with van der Waals surface area (Å²) < 4.78 is 0. The van der Waals surface area contributed by atoms with Gasteiger partial charge < -0.3 is 5.32 Å². The molecule has 2 aromatic rings. The largest absolute Gasteiger partial charge is 0.325 e. The van der Waals surface area contributed by atoms with Crippen molar-refractivity contribution in [2.75, 3.05) is 16.0 Å². The van der Waals surface area contributed by atoms with E-state index in [1.807, 2.05) is 0 Å². The molecular formula is C18H13Cl3N2O3S. The molecular weight excluding hydrogens is 431 g/mol. The molecule has 0 aliphatic carbocycles. The number of amides is 3. The minimum absolute atomic E-state index is 0.0258. The Hall–Kier alpha value is -1.73. The van der Waals surface area contributed by atoms with E-state index in [1.54, 1.807) is 30.3 Å². The number of thioether (sulfide) groups is 1. The summed E-state index contributed by atoms with van der Waals surface area (Å²) in [6, 6.07) is 11.3. The molecule has 0 bridgehead atoms. The Balaban J connectivity index is 1.60. The van der Waals surface area contributed by atoms with Crippen LogP contribution in [0, 0.1) is 0 Å². The highest BCUT2D eigenvalue weighted by molar-refractivity contribution is 8.01. The van der Waals surface area contributed by atoms with E-state index in [1.165, 1.54) is 12.1 Å². The zero-order valence-electron chi connectivity index (χ0n) is 13.7. The normalized spacial score (nSPS) is 16.7. The number of hydrogen-bond donors (Lipinski definition) is 1. The van der Waals surface area contributed by atoms with Gasteiger partial charge in [-0.3, -0.25) is 14.4 Å². The molecule has 1 aliphatic rings. The number of rotatable bonds is 5. The molecule has 1 saturated heterocycles. The molecule has 3 rings (SSSR count). The molecule has 1 N–H and O–H groups in total. The lowest BCUT2D eigenvalue weighted by atomic mass is 10.3. The van der Waals surface area contributed by atoms with Gasteiger partial charge in [-0.1, -0.05) is 34.8 Å². The van der Waals surface area contributed by atoms with Crippen molar-refractivity contribution in [3.8, 4) is 0 Å². The van der Waals surface area contributed by atoms with Gasteiger partial charge in [0.05, 0.1) is 26.7 Å². The summed E-state index contributed by atoms with van der Waals surface area (Å²) >= 11 is 18.8. The zero-order valence-corrected chi connectivity index (χ0v) is 16.8. The van der Waals surface area contributed by atoms with Crippen molar-refractivity contribution in [1.82, 2.24) is 0 Å². The van der Waals surface area contributed by atoms with Gasteiger partial charge in [-0.15, -0.1) is 11.8 Å². The van der Waals surface area contributed by atoms with Gasteiger partial charge in [0.15, 0.2) is 0 Å². The second-order valence-corrected chi connectivity index (χ2v) is 8.17. The van der Waals surface area contributed by atoms with Crippen LogP contribution in [0.15, 0.2) is 42.5 Å². The van der Waals surface area contributed by atoms with Gasteiger partial charge in [-0.25, -0.2) is 4.90 Å². The third kappa shape index (κ3) is 4.76. The number of carbonyl (C=O) groups is 3. The molecule has 1 heterocycles. The zero-order chi connectivity index (χ0) is 19.6. The predicted molar refractivity (Wildman–Crippen MR) is 110 cm³/mol. The first-order valence-corrected chi connectivity index (χ1v) is 10.0. The first-order chi connectivity index (χ1) is 12.8. The van der Waals surface area contributed by atoms with Crippen LogP contribution < -0.4 is 10.2 Å². The molecule has 140 valence electrons. The third-order valence-electron chi connectivity index (χ3n) is 3.81. The average Bonchev–Trinajstić information content (AvgIpc) is 2.91. The number of carbonyl (C=O) groups excluding carboxylic acids is 3. The fourth-order valence-corrected chi connectivity index (χ4v) is 3.89. The van der Waals surface area contributed by atoms with Gasteiger partial charge in [-0.05, 0) is 42.5 Å². The van der Waals surface area contributed by atoms with Crippen molar-refractivity contribution in [3.05, 3.63) is 57.5 Å². The molecule has 0 spiro atoms. The van der Waals surface area contributed by atoms with Gasteiger partial charge in [0.1, 0.15) is 0 Å². The maximum atomic E-state index is 12.6. The predicted octanol–water partition coefficient (Wildman–Crippen LogP) is 4.65. The number of hydrogen-bond acceptors (Lipinski definition) is 4. The molecule has 1 aliphatic heterocycles. The van der Waals surface area contributed by atoms with Crippen molar-refractivity contribution >= 4 is 75.7 Å². The van der Waals surface area contributed by atoms with Crippen LogP contribution in [0.5, 0.6) is 0 Å². The summed E-state index contributed by atoms with van der Waals surface area (Å²) in [5.74, 6) is -0.936. The van der Waals surface area contributed by atoms with E-state index < -0.39 is 5.25 Å². The molecule has 0 aromatic heterocycles. The highest BCUT2D eigenvalue weighted by Crippen LogP contribution is 2.33. The van der Waals surface area contributed by atoms with Crippen LogP contribution in [0.1, 0.15) is 6.42 Å². The Bertz CT molecular complexity index is 905. The number of anilines is 2. The Morgan fingerprint density at radius 2 is 1.78 bits per heavy atom. The van der Waals surface area contributed by atoms with E-state index in [9.17, 15) is 14.4 Å². The molecule has 1 fully saturated rings. The third-order valence-corrected chi connectivity index (χ3v) is 6.00. The van der Waals surface area contributed by atoms with Crippen LogP contribution >= 0.6 is 46.6 Å². The van der Waals surface area contributed by atoms with Crippen molar-refractivity contribution in [3.63, 3.8) is 0 Å². The Kier molecular flexibility index (Phi) is 6.32. The Morgan fingerprint density at radius 3 is 2.44 bits per heavy atom. The summed E-state index contributed by atoms with van der Waals surface area (Å²) in [4.78, 5) is 38.0. The van der Waals surface area contributed by atoms with Gasteiger partial charge in [0.2, 0.25) is 17.7 Å². The fraction of sp³-hybridized carbons (Fsp3) is 0.167. The summed E-state index contributed by atoms with van der Waals surface area (Å²) in [7, 11) is 0. The Labute approximate surface area is 174 Å². The number of nitrogens with zero attached hydrogens (tertiary/aromatic N) is 1. The van der Waals surface area contributed by atoms with Crippen molar-refractivity contribution in [2.45, 2.75) is 11.7 Å². The van der Waals surface area contributed by atoms with E-state index in [2.05, 4.69) is 5.32 Å². The fourth-order valence-electron chi connectivity index (χ4n) is 2.54. The van der Waals surface area contributed by atoms with Crippen LogP contribution in [0.25, 0.3) is 0 Å². The number of halogens is 3. The molecule has 0 saturated carbocycles. The molecule has 1 atom stereocenters. The molecule has 9 heteroatoms. The van der Waals surface area contributed by atoms with Crippen molar-refractivity contribution in [2.24, 2.45) is 0 Å². The highest BCUT2D eigenvalue weighted by Gasteiger charge is 2.40. The first-order valence-electron chi connectivity index (χ1n) is 7.84.